The van der Waals surface area contributed by atoms with Crippen molar-refractivity contribution in [1.82, 2.24) is 9.78 Å². The number of fused-ring (bicyclic) bond motifs is 1. The number of hydrogen-bond donors (Lipinski definition) is 2. The van der Waals surface area contributed by atoms with Gasteiger partial charge in [0.2, 0.25) is 5.91 Å². The number of nitrogens with one attached hydrogen (secondary N) is 2. The number of carbonyl (C=O) groups is 1. The standard InChI is InChI=1S/C19H22N4O5S/c1-19(2)9-11(7-8-28-19)22-17-15(18(25)21-22)16(29-10-14(24)20-17)12-5-3-4-6-13(12)23(26)27/h3-6,11,16H,7-10H2,1-2H3,(H,20,24)(H,21,25). The largest absolute Gasteiger partial charge is 0.375 e. The highest BCUT2D eigenvalue weighted by atomic mass is 32.2. The lowest BCUT2D eigenvalue weighted by molar-refractivity contribution is -0.385. The Kier molecular flexibility index (Phi) is 4.99. The zero-order chi connectivity index (χ0) is 20.8. The number of aromatic nitrogens is 2. The molecule has 2 unspecified atom stereocenters. The van der Waals surface area contributed by atoms with E-state index in [9.17, 15) is 19.7 Å². The van der Waals surface area contributed by atoms with E-state index in [0.29, 0.717) is 36.4 Å². The fourth-order valence-corrected chi connectivity index (χ4v) is 5.21. The minimum absolute atomic E-state index is 0.0509. The molecule has 2 aliphatic heterocycles. The van der Waals surface area contributed by atoms with Gasteiger partial charge in [-0.25, -0.2) is 0 Å². The number of nitrogens with zero attached hydrogens (tertiary/aromatic N) is 2. The number of thioether (sulfide) groups is 1. The Morgan fingerprint density at radius 2 is 2.07 bits per heavy atom. The molecule has 1 aromatic carbocycles. The minimum atomic E-state index is -0.622. The maximum atomic E-state index is 13.0. The van der Waals surface area contributed by atoms with Gasteiger partial charge < -0.3 is 10.1 Å². The van der Waals surface area contributed by atoms with Crippen molar-refractivity contribution in [2.24, 2.45) is 0 Å². The smallest absolute Gasteiger partial charge is 0.274 e. The van der Waals surface area contributed by atoms with Crippen molar-refractivity contribution < 1.29 is 14.5 Å². The molecule has 1 saturated heterocycles. The number of para-hydroxylation sites is 1. The van der Waals surface area contributed by atoms with Gasteiger partial charge in [-0.2, -0.15) is 0 Å². The zero-order valence-corrected chi connectivity index (χ0v) is 17.0. The van der Waals surface area contributed by atoms with Crippen molar-refractivity contribution in [1.29, 1.82) is 0 Å². The van der Waals surface area contributed by atoms with Crippen molar-refractivity contribution in [2.45, 2.75) is 43.6 Å². The van der Waals surface area contributed by atoms with Crippen LogP contribution in [-0.4, -0.2) is 38.6 Å². The summed E-state index contributed by atoms with van der Waals surface area (Å²) in [6.07, 6.45) is 1.36. The second kappa shape index (κ2) is 7.34. The van der Waals surface area contributed by atoms with Gasteiger partial charge in [0.25, 0.3) is 11.2 Å². The molecule has 2 aromatic rings. The van der Waals surface area contributed by atoms with Crippen LogP contribution in [0.3, 0.4) is 0 Å². The predicted molar refractivity (Wildman–Crippen MR) is 109 cm³/mol. The first-order chi connectivity index (χ1) is 13.8. The van der Waals surface area contributed by atoms with Gasteiger partial charge in [-0.3, -0.25) is 29.5 Å². The summed E-state index contributed by atoms with van der Waals surface area (Å²) in [5.74, 6) is 0.261. The normalized spacial score (nSPS) is 23.7. The van der Waals surface area contributed by atoms with Gasteiger partial charge in [0.05, 0.1) is 33.1 Å². The van der Waals surface area contributed by atoms with Crippen LogP contribution in [0.2, 0.25) is 0 Å². The Morgan fingerprint density at radius 1 is 1.31 bits per heavy atom. The number of aromatic amines is 1. The predicted octanol–water partition coefficient (Wildman–Crippen LogP) is 2.99. The molecule has 0 radical (unpaired) electrons. The molecule has 1 aromatic heterocycles. The highest BCUT2D eigenvalue weighted by Gasteiger charge is 2.37. The Balaban J connectivity index is 1.85. The second-order valence-corrected chi connectivity index (χ2v) is 8.98. The summed E-state index contributed by atoms with van der Waals surface area (Å²) in [4.78, 5) is 36.5. The third-order valence-electron chi connectivity index (χ3n) is 5.32. The summed E-state index contributed by atoms with van der Waals surface area (Å²) in [5, 5.41) is 16.6. The summed E-state index contributed by atoms with van der Waals surface area (Å²) in [6.45, 7) is 4.52. The molecule has 0 aliphatic carbocycles. The fraction of sp³-hybridized carbons (Fsp3) is 0.474. The molecule has 10 heteroatoms. The van der Waals surface area contributed by atoms with Crippen LogP contribution in [-0.2, 0) is 9.53 Å². The molecule has 0 bridgehead atoms. The zero-order valence-electron chi connectivity index (χ0n) is 16.1. The van der Waals surface area contributed by atoms with E-state index in [4.69, 9.17) is 4.74 Å². The lowest BCUT2D eigenvalue weighted by atomic mass is 9.94. The first-order valence-electron chi connectivity index (χ1n) is 9.40. The van der Waals surface area contributed by atoms with Gasteiger partial charge in [0.15, 0.2) is 0 Å². The number of anilines is 1. The first kappa shape index (κ1) is 19.7. The number of rotatable bonds is 3. The molecule has 1 amide bonds. The molecule has 154 valence electrons. The van der Waals surface area contributed by atoms with Crippen LogP contribution in [0.1, 0.15) is 49.1 Å². The van der Waals surface area contributed by atoms with Crippen LogP contribution in [0.5, 0.6) is 0 Å². The molecule has 9 nitrogen and oxygen atoms in total. The summed E-state index contributed by atoms with van der Waals surface area (Å²) in [7, 11) is 0. The summed E-state index contributed by atoms with van der Waals surface area (Å²) in [5.41, 5.74) is -0.0000199. The molecule has 2 aliphatic rings. The Labute approximate surface area is 170 Å². The SMILES string of the molecule is CC1(C)CC(n2[nH]c(=O)c3c2NC(=O)CSC3c2ccccc2[N+](=O)[O-])CCO1. The lowest BCUT2D eigenvalue weighted by Crippen LogP contribution is -2.36. The van der Waals surface area contributed by atoms with E-state index < -0.39 is 10.2 Å². The van der Waals surface area contributed by atoms with Crippen molar-refractivity contribution in [2.75, 3.05) is 17.7 Å². The minimum Gasteiger partial charge on any atom is -0.375 e. The number of carbonyl (C=O) groups excluding carboxylic acids is 1. The highest BCUT2D eigenvalue weighted by molar-refractivity contribution is 8.00. The molecular weight excluding hydrogens is 396 g/mol. The molecule has 0 saturated carbocycles. The monoisotopic (exact) mass is 418 g/mol. The average molecular weight is 418 g/mol. The maximum absolute atomic E-state index is 13.0. The number of nitro groups is 1. The fourth-order valence-electron chi connectivity index (χ4n) is 4.06. The van der Waals surface area contributed by atoms with E-state index in [1.807, 2.05) is 13.8 Å². The van der Waals surface area contributed by atoms with Crippen LogP contribution in [0.4, 0.5) is 11.5 Å². The van der Waals surface area contributed by atoms with Gasteiger partial charge in [0, 0.05) is 18.2 Å². The molecule has 2 N–H and O–H groups in total. The lowest BCUT2D eigenvalue weighted by Gasteiger charge is -2.36. The van der Waals surface area contributed by atoms with Crippen LogP contribution in [0.15, 0.2) is 29.1 Å². The third-order valence-corrected chi connectivity index (χ3v) is 6.57. The van der Waals surface area contributed by atoms with Gasteiger partial charge in [-0.15, -0.1) is 11.8 Å². The first-order valence-corrected chi connectivity index (χ1v) is 10.4. The van der Waals surface area contributed by atoms with E-state index >= 15 is 0 Å². The van der Waals surface area contributed by atoms with E-state index in [0.717, 1.165) is 0 Å². The third kappa shape index (κ3) is 3.69. The van der Waals surface area contributed by atoms with E-state index in [-0.39, 0.29) is 34.5 Å². The van der Waals surface area contributed by atoms with Crippen LogP contribution in [0.25, 0.3) is 0 Å². The second-order valence-electron chi connectivity index (χ2n) is 7.88. The molecule has 0 spiro atoms. The molecule has 29 heavy (non-hydrogen) atoms. The Bertz CT molecular complexity index is 1030. The summed E-state index contributed by atoms with van der Waals surface area (Å²) in [6, 6.07) is 6.30. The number of benzene rings is 1. The average Bonchev–Trinajstić information content (AvgIpc) is 2.87. The number of nitro benzene ring substituents is 1. The quantitative estimate of drug-likeness (QED) is 0.584. The van der Waals surface area contributed by atoms with Gasteiger partial charge in [-0.1, -0.05) is 18.2 Å². The Hall–Kier alpha value is -2.59. The van der Waals surface area contributed by atoms with Crippen molar-refractivity contribution in [3.63, 3.8) is 0 Å². The highest BCUT2D eigenvalue weighted by Crippen LogP contribution is 2.44. The van der Waals surface area contributed by atoms with Crippen LogP contribution < -0.4 is 10.9 Å². The molecule has 4 rings (SSSR count). The van der Waals surface area contributed by atoms with Gasteiger partial charge in [-0.05, 0) is 26.7 Å². The topological polar surface area (TPSA) is 119 Å². The van der Waals surface area contributed by atoms with E-state index in [1.165, 1.54) is 17.8 Å². The van der Waals surface area contributed by atoms with Crippen LogP contribution >= 0.6 is 11.8 Å². The number of amides is 1. The maximum Gasteiger partial charge on any atom is 0.274 e. The van der Waals surface area contributed by atoms with Gasteiger partial charge in [0.1, 0.15) is 5.82 Å². The van der Waals surface area contributed by atoms with E-state index in [2.05, 4.69) is 10.4 Å². The summed E-state index contributed by atoms with van der Waals surface area (Å²) >= 11 is 1.22. The number of ether oxygens (including phenoxy) is 1. The van der Waals surface area contributed by atoms with Gasteiger partial charge >= 0.3 is 0 Å². The molecule has 1 fully saturated rings. The van der Waals surface area contributed by atoms with E-state index in [1.54, 1.807) is 22.9 Å². The Morgan fingerprint density at radius 3 is 2.79 bits per heavy atom. The molecule has 3 heterocycles. The molecule has 2 atom stereocenters. The molecular formula is C19H22N4O5S. The number of hydrogen-bond acceptors (Lipinski definition) is 6. The van der Waals surface area contributed by atoms with Crippen LogP contribution in [0, 0.1) is 10.1 Å². The summed E-state index contributed by atoms with van der Waals surface area (Å²) < 4.78 is 7.49. The van der Waals surface area contributed by atoms with Crippen molar-refractivity contribution in [3.8, 4) is 0 Å². The van der Waals surface area contributed by atoms with Crippen molar-refractivity contribution >= 4 is 29.2 Å². The van der Waals surface area contributed by atoms with Crippen molar-refractivity contribution in [3.05, 3.63) is 55.9 Å². The number of H-pyrrole nitrogens is 1.